The van der Waals surface area contributed by atoms with E-state index in [-0.39, 0.29) is 11.3 Å². The van der Waals surface area contributed by atoms with Crippen LogP contribution in [0.2, 0.25) is 5.02 Å². The molecule has 1 N–H and O–H groups in total. The molecule has 0 radical (unpaired) electrons. The van der Waals surface area contributed by atoms with E-state index in [4.69, 9.17) is 11.6 Å². The van der Waals surface area contributed by atoms with Crippen molar-refractivity contribution in [3.8, 4) is 0 Å². The number of carbonyl (C=O) groups excluding carboxylic acids is 1. The Morgan fingerprint density at radius 3 is 2.27 bits per heavy atom. The van der Waals surface area contributed by atoms with Gasteiger partial charge in [0.2, 0.25) is 0 Å². The molecular formula is C12H16ClNO. The van der Waals surface area contributed by atoms with Crippen molar-refractivity contribution >= 4 is 17.4 Å². The second kappa shape index (κ2) is 4.77. The fraction of sp³-hybridized carbons (Fsp3) is 0.417. The van der Waals surface area contributed by atoms with Gasteiger partial charge < -0.3 is 5.32 Å². The van der Waals surface area contributed by atoms with Crippen molar-refractivity contribution < 1.29 is 4.79 Å². The number of carbonyl (C=O) groups is 1. The molecule has 0 aliphatic rings. The largest absolute Gasteiger partial charge is 0.305 e. The van der Waals surface area contributed by atoms with Crippen LogP contribution in [-0.4, -0.2) is 17.9 Å². The van der Waals surface area contributed by atoms with Gasteiger partial charge in [-0.25, -0.2) is 0 Å². The van der Waals surface area contributed by atoms with Crippen molar-refractivity contribution in [1.29, 1.82) is 0 Å². The van der Waals surface area contributed by atoms with Gasteiger partial charge in [0.05, 0.1) is 6.54 Å². The zero-order valence-electron chi connectivity index (χ0n) is 9.30. The lowest BCUT2D eigenvalue weighted by molar-refractivity contribution is 0.0982. The molecule has 0 atom stereocenters. The third-order valence-electron chi connectivity index (χ3n) is 1.95. The molecule has 0 aromatic heterocycles. The van der Waals surface area contributed by atoms with Gasteiger partial charge in [-0.15, -0.1) is 0 Å². The van der Waals surface area contributed by atoms with Crippen molar-refractivity contribution in [2.75, 3.05) is 6.54 Å². The zero-order chi connectivity index (χ0) is 11.5. The average molecular weight is 226 g/mol. The molecular weight excluding hydrogens is 210 g/mol. The second-order valence-corrected chi connectivity index (χ2v) is 4.97. The molecule has 82 valence electrons. The van der Waals surface area contributed by atoms with Crippen LogP contribution >= 0.6 is 11.6 Å². The lowest BCUT2D eigenvalue weighted by Crippen LogP contribution is -2.39. The number of Topliss-reactive ketones (excluding diaryl/α,β-unsaturated/α-hetero) is 1. The minimum Gasteiger partial charge on any atom is -0.305 e. The van der Waals surface area contributed by atoms with Crippen molar-refractivity contribution in [2.45, 2.75) is 26.3 Å². The molecule has 1 aromatic rings. The number of nitrogens with one attached hydrogen (secondary N) is 1. The Bertz CT molecular complexity index is 338. The van der Waals surface area contributed by atoms with Gasteiger partial charge in [-0.3, -0.25) is 4.79 Å². The molecule has 3 heteroatoms. The summed E-state index contributed by atoms with van der Waals surface area (Å²) >= 11 is 5.74. The summed E-state index contributed by atoms with van der Waals surface area (Å²) in [6, 6.07) is 6.95. The maximum absolute atomic E-state index is 11.7. The fourth-order valence-corrected chi connectivity index (χ4v) is 1.21. The molecule has 15 heavy (non-hydrogen) atoms. The van der Waals surface area contributed by atoms with E-state index in [1.165, 1.54) is 0 Å². The van der Waals surface area contributed by atoms with E-state index in [0.717, 1.165) is 0 Å². The predicted octanol–water partition coefficient (Wildman–Crippen LogP) is 2.91. The first-order valence-corrected chi connectivity index (χ1v) is 5.30. The Hall–Kier alpha value is -0.860. The lowest BCUT2D eigenvalue weighted by atomic mass is 10.1. The molecule has 0 bridgehead atoms. The smallest absolute Gasteiger partial charge is 0.176 e. The number of benzene rings is 1. The molecule has 1 rings (SSSR count). The Labute approximate surface area is 95.6 Å². The first kappa shape index (κ1) is 12.2. The molecule has 0 unspecified atom stereocenters. The molecule has 1 aromatic carbocycles. The third-order valence-corrected chi connectivity index (χ3v) is 2.20. The van der Waals surface area contributed by atoms with Gasteiger partial charge in [0.1, 0.15) is 0 Å². The second-order valence-electron chi connectivity index (χ2n) is 4.53. The van der Waals surface area contributed by atoms with Crippen molar-refractivity contribution in [2.24, 2.45) is 0 Å². The Morgan fingerprint density at radius 1 is 1.27 bits per heavy atom. The molecule has 0 heterocycles. The highest BCUT2D eigenvalue weighted by Crippen LogP contribution is 2.10. The summed E-state index contributed by atoms with van der Waals surface area (Å²) in [4.78, 5) is 11.7. The van der Waals surface area contributed by atoms with Crippen LogP contribution in [0, 0.1) is 0 Å². The zero-order valence-corrected chi connectivity index (χ0v) is 10.1. The molecule has 0 fully saturated rings. The van der Waals surface area contributed by atoms with Crippen molar-refractivity contribution in [3.63, 3.8) is 0 Å². The van der Waals surface area contributed by atoms with Crippen LogP contribution < -0.4 is 5.32 Å². The average Bonchev–Trinajstić information content (AvgIpc) is 2.14. The van der Waals surface area contributed by atoms with Crippen LogP contribution in [0.4, 0.5) is 0 Å². The van der Waals surface area contributed by atoms with Crippen LogP contribution in [0.1, 0.15) is 31.1 Å². The first-order chi connectivity index (χ1) is 6.88. The van der Waals surface area contributed by atoms with E-state index in [0.29, 0.717) is 17.1 Å². The highest BCUT2D eigenvalue weighted by atomic mass is 35.5. The Morgan fingerprint density at radius 2 is 1.80 bits per heavy atom. The highest BCUT2D eigenvalue weighted by molar-refractivity contribution is 6.30. The number of ketones is 1. The van der Waals surface area contributed by atoms with Gasteiger partial charge in [-0.1, -0.05) is 11.6 Å². The van der Waals surface area contributed by atoms with Gasteiger partial charge in [0.15, 0.2) is 5.78 Å². The summed E-state index contributed by atoms with van der Waals surface area (Å²) in [7, 11) is 0. The summed E-state index contributed by atoms with van der Waals surface area (Å²) in [5, 5.41) is 3.80. The normalized spacial score (nSPS) is 11.5. The van der Waals surface area contributed by atoms with Crippen LogP contribution in [0.15, 0.2) is 24.3 Å². The van der Waals surface area contributed by atoms with E-state index in [9.17, 15) is 4.79 Å². The maximum Gasteiger partial charge on any atom is 0.176 e. The highest BCUT2D eigenvalue weighted by Gasteiger charge is 2.12. The van der Waals surface area contributed by atoms with Crippen molar-refractivity contribution in [3.05, 3.63) is 34.9 Å². The minimum absolute atomic E-state index is 0.0396. The minimum atomic E-state index is -0.0396. The lowest BCUT2D eigenvalue weighted by Gasteiger charge is -2.19. The topological polar surface area (TPSA) is 29.1 Å². The van der Waals surface area contributed by atoms with Crippen LogP contribution in [0.25, 0.3) is 0 Å². The van der Waals surface area contributed by atoms with E-state index < -0.39 is 0 Å². The number of rotatable bonds is 3. The monoisotopic (exact) mass is 225 g/mol. The van der Waals surface area contributed by atoms with Gasteiger partial charge in [0, 0.05) is 16.1 Å². The summed E-state index contributed by atoms with van der Waals surface area (Å²) in [6.07, 6.45) is 0. The van der Waals surface area contributed by atoms with E-state index in [1.54, 1.807) is 24.3 Å². The predicted molar refractivity (Wildman–Crippen MR) is 63.5 cm³/mol. The Balaban J connectivity index is 2.58. The fourth-order valence-electron chi connectivity index (χ4n) is 1.08. The third kappa shape index (κ3) is 4.45. The maximum atomic E-state index is 11.7. The summed E-state index contributed by atoms with van der Waals surface area (Å²) in [5.41, 5.74) is 0.651. The van der Waals surface area contributed by atoms with Crippen LogP contribution in [0.5, 0.6) is 0 Å². The number of hydrogen-bond donors (Lipinski definition) is 1. The van der Waals surface area contributed by atoms with E-state index in [1.807, 2.05) is 20.8 Å². The summed E-state index contributed by atoms with van der Waals surface area (Å²) in [5.74, 6) is 0.0848. The van der Waals surface area contributed by atoms with Gasteiger partial charge in [0.25, 0.3) is 0 Å². The van der Waals surface area contributed by atoms with E-state index >= 15 is 0 Å². The SMILES string of the molecule is CC(C)(C)NCC(=O)c1ccc(Cl)cc1. The molecule has 0 aliphatic heterocycles. The quantitative estimate of drug-likeness (QED) is 0.802. The van der Waals surface area contributed by atoms with Gasteiger partial charge in [-0.2, -0.15) is 0 Å². The molecule has 0 amide bonds. The number of halogens is 1. The Kier molecular flexibility index (Phi) is 3.89. The van der Waals surface area contributed by atoms with Gasteiger partial charge >= 0.3 is 0 Å². The molecule has 0 saturated carbocycles. The molecule has 0 saturated heterocycles. The van der Waals surface area contributed by atoms with Gasteiger partial charge in [-0.05, 0) is 45.0 Å². The van der Waals surface area contributed by atoms with Crippen molar-refractivity contribution in [1.82, 2.24) is 5.32 Å². The van der Waals surface area contributed by atoms with Crippen LogP contribution in [-0.2, 0) is 0 Å². The van der Waals surface area contributed by atoms with E-state index in [2.05, 4.69) is 5.32 Å². The summed E-state index contributed by atoms with van der Waals surface area (Å²) < 4.78 is 0. The first-order valence-electron chi connectivity index (χ1n) is 4.92. The van der Waals surface area contributed by atoms with Crippen LogP contribution in [0.3, 0.4) is 0 Å². The molecule has 0 aliphatic carbocycles. The molecule has 2 nitrogen and oxygen atoms in total. The summed E-state index contributed by atoms with van der Waals surface area (Å²) in [6.45, 7) is 6.44. The molecule has 0 spiro atoms. The number of hydrogen-bond acceptors (Lipinski definition) is 2. The standard InChI is InChI=1S/C12H16ClNO/c1-12(2,3)14-8-11(15)9-4-6-10(13)7-5-9/h4-7,14H,8H2,1-3H3.